The zero-order valence-electron chi connectivity index (χ0n) is 9.02. The molecule has 1 amide bonds. The lowest BCUT2D eigenvalue weighted by molar-refractivity contribution is -0.125. The molecule has 6 nitrogen and oxygen atoms in total. The molecule has 0 bridgehead atoms. The molecule has 0 aromatic carbocycles. The summed E-state index contributed by atoms with van der Waals surface area (Å²) < 4.78 is 1.48. The highest BCUT2D eigenvalue weighted by atomic mass is 16.3. The van der Waals surface area contributed by atoms with Crippen LogP contribution >= 0.6 is 0 Å². The maximum absolute atomic E-state index is 11.7. The zero-order valence-corrected chi connectivity index (χ0v) is 9.02. The molecular formula is C10H16N4O2. The van der Waals surface area contributed by atoms with Crippen molar-refractivity contribution in [2.75, 3.05) is 12.3 Å². The average Bonchev–Trinajstić information content (AvgIpc) is 2.57. The minimum absolute atomic E-state index is 0.0000139. The van der Waals surface area contributed by atoms with Gasteiger partial charge in [-0.3, -0.25) is 9.48 Å². The van der Waals surface area contributed by atoms with E-state index in [4.69, 9.17) is 5.73 Å². The van der Waals surface area contributed by atoms with Gasteiger partial charge in [-0.2, -0.15) is 5.10 Å². The summed E-state index contributed by atoms with van der Waals surface area (Å²) in [6.45, 7) is 0.138. The van der Waals surface area contributed by atoms with Gasteiger partial charge in [-0.05, 0) is 19.3 Å². The van der Waals surface area contributed by atoms with E-state index >= 15 is 0 Å². The van der Waals surface area contributed by atoms with Crippen LogP contribution in [0.1, 0.15) is 19.3 Å². The number of amides is 1. The molecule has 0 atom stereocenters. The Balaban J connectivity index is 1.89. The smallest absolute Gasteiger partial charge is 0.242 e. The van der Waals surface area contributed by atoms with E-state index in [1.165, 1.54) is 10.9 Å². The third-order valence-electron chi connectivity index (χ3n) is 2.98. The summed E-state index contributed by atoms with van der Waals surface area (Å²) in [5.74, 6) is -0.142. The molecule has 1 aliphatic carbocycles. The van der Waals surface area contributed by atoms with Gasteiger partial charge in [0.25, 0.3) is 0 Å². The summed E-state index contributed by atoms with van der Waals surface area (Å²) in [4.78, 5) is 11.7. The minimum Gasteiger partial charge on any atom is -0.396 e. The third kappa shape index (κ3) is 2.16. The highest BCUT2D eigenvalue weighted by molar-refractivity contribution is 5.76. The van der Waals surface area contributed by atoms with E-state index in [1.807, 2.05) is 0 Å². The van der Waals surface area contributed by atoms with Crippen LogP contribution in [0.15, 0.2) is 12.4 Å². The second-order valence-electron chi connectivity index (χ2n) is 4.31. The lowest BCUT2D eigenvalue weighted by atomic mass is 9.77. The molecule has 1 heterocycles. The first-order valence-electron chi connectivity index (χ1n) is 5.33. The number of carbonyl (C=O) groups is 1. The number of aliphatic hydroxyl groups is 1. The number of nitrogens with two attached hydrogens (primary N) is 1. The molecule has 0 radical (unpaired) electrons. The highest BCUT2D eigenvalue weighted by Gasteiger charge is 2.37. The summed E-state index contributed by atoms with van der Waals surface area (Å²) in [6.07, 6.45) is 5.84. The molecule has 88 valence electrons. The van der Waals surface area contributed by atoms with E-state index in [2.05, 4.69) is 10.4 Å². The zero-order chi connectivity index (χ0) is 11.6. The summed E-state index contributed by atoms with van der Waals surface area (Å²) in [6, 6.07) is 0. The van der Waals surface area contributed by atoms with Crippen LogP contribution in [0.5, 0.6) is 0 Å². The second kappa shape index (κ2) is 4.13. The summed E-state index contributed by atoms with van der Waals surface area (Å²) >= 11 is 0. The van der Waals surface area contributed by atoms with Crippen molar-refractivity contribution in [1.82, 2.24) is 15.1 Å². The number of nitrogen functional groups attached to an aromatic ring is 1. The van der Waals surface area contributed by atoms with Crippen LogP contribution in [0.4, 0.5) is 5.69 Å². The topological polar surface area (TPSA) is 93.2 Å². The van der Waals surface area contributed by atoms with Gasteiger partial charge in [0, 0.05) is 6.20 Å². The van der Waals surface area contributed by atoms with Crippen molar-refractivity contribution in [3.63, 3.8) is 0 Å². The molecule has 1 fully saturated rings. The third-order valence-corrected chi connectivity index (χ3v) is 2.98. The van der Waals surface area contributed by atoms with Crippen molar-refractivity contribution < 1.29 is 9.90 Å². The summed E-state index contributed by atoms with van der Waals surface area (Å²) in [5, 5.41) is 16.0. The number of anilines is 1. The van der Waals surface area contributed by atoms with E-state index in [0.29, 0.717) is 5.69 Å². The van der Waals surface area contributed by atoms with E-state index in [9.17, 15) is 9.90 Å². The van der Waals surface area contributed by atoms with Crippen LogP contribution < -0.4 is 11.1 Å². The van der Waals surface area contributed by atoms with Gasteiger partial charge in [0.05, 0.1) is 24.0 Å². The van der Waals surface area contributed by atoms with Gasteiger partial charge < -0.3 is 16.2 Å². The average molecular weight is 224 g/mol. The first kappa shape index (κ1) is 10.9. The number of nitrogens with zero attached hydrogens (tertiary/aromatic N) is 2. The van der Waals surface area contributed by atoms with Crippen LogP contribution in [-0.2, 0) is 11.3 Å². The van der Waals surface area contributed by atoms with Crippen molar-refractivity contribution in [1.29, 1.82) is 0 Å². The normalized spacial score (nSPS) is 17.8. The van der Waals surface area contributed by atoms with Gasteiger partial charge in [0.2, 0.25) is 5.91 Å². The SMILES string of the molecule is Nc1cnn(CC(=O)NC2(CO)CCC2)c1. The number of aromatic nitrogens is 2. The Morgan fingerprint density at radius 1 is 1.69 bits per heavy atom. The van der Waals surface area contributed by atoms with E-state index in [0.717, 1.165) is 19.3 Å². The summed E-state index contributed by atoms with van der Waals surface area (Å²) in [5.41, 5.74) is 5.63. The van der Waals surface area contributed by atoms with E-state index in [-0.39, 0.29) is 19.1 Å². The molecular weight excluding hydrogens is 208 g/mol. The number of aliphatic hydroxyl groups excluding tert-OH is 1. The molecule has 1 aromatic rings. The Bertz CT molecular complexity index is 378. The molecule has 0 unspecified atom stereocenters. The van der Waals surface area contributed by atoms with Gasteiger partial charge in [-0.15, -0.1) is 0 Å². The number of rotatable bonds is 4. The first-order valence-corrected chi connectivity index (χ1v) is 5.33. The van der Waals surface area contributed by atoms with Crippen molar-refractivity contribution in [3.8, 4) is 0 Å². The Hall–Kier alpha value is -1.56. The highest BCUT2D eigenvalue weighted by Crippen LogP contribution is 2.30. The Kier molecular flexibility index (Phi) is 2.82. The molecule has 0 spiro atoms. The monoisotopic (exact) mass is 224 g/mol. The van der Waals surface area contributed by atoms with Crippen LogP contribution in [0.25, 0.3) is 0 Å². The molecule has 6 heteroatoms. The summed E-state index contributed by atoms with van der Waals surface area (Å²) in [7, 11) is 0. The molecule has 0 saturated heterocycles. The van der Waals surface area contributed by atoms with Gasteiger partial charge in [-0.25, -0.2) is 0 Å². The van der Waals surface area contributed by atoms with E-state index < -0.39 is 5.54 Å². The standard InChI is InChI=1S/C10H16N4O2/c11-8-4-12-14(5-8)6-9(16)13-10(7-15)2-1-3-10/h4-5,15H,1-3,6-7,11H2,(H,13,16). The molecule has 2 rings (SSSR count). The predicted molar refractivity (Wildman–Crippen MR) is 58.4 cm³/mol. The second-order valence-corrected chi connectivity index (χ2v) is 4.31. The van der Waals surface area contributed by atoms with Crippen molar-refractivity contribution in [2.24, 2.45) is 0 Å². The van der Waals surface area contributed by atoms with Crippen molar-refractivity contribution >= 4 is 11.6 Å². The molecule has 4 N–H and O–H groups in total. The number of hydrogen-bond donors (Lipinski definition) is 3. The van der Waals surface area contributed by atoms with Crippen molar-refractivity contribution in [2.45, 2.75) is 31.3 Å². The van der Waals surface area contributed by atoms with Gasteiger partial charge in [0.1, 0.15) is 6.54 Å². The molecule has 1 aliphatic rings. The van der Waals surface area contributed by atoms with Gasteiger partial charge in [0.15, 0.2) is 0 Å². The fourth-order valence-corrected chi connectivity index (χ4v) is 1.87. The van der Waals surface area contributed by atoms with Crippen LogP contribution in [-0.4, -0.2) is 32.9 Å². The first-order chi connectivity index (χ1) is 7.63. The fraction of sp³-hybridized carbons (Fsp3) is 0.600. The van der Waals surface area contributed by atoms with Gasteiger partial charge in [-0.1, -0.05) is 0 Å². The van der Waals surface area contributed by atoms with Crippen LogP contribution in [0.3, 0.4) is 0 Å². The predicted octanol–water partition coefficient (Wildman–Crippen LogP) is -0.504. The van der Waals surface area contributed by atoms with Crippen molar-refractivity contribution in [3.05, 3.63) is 12.4 Å². The number of hydrogen-bond acceptors (Lipinski definition) is 4. The van der Waals surface area contributed by atoms with Crippen LogP contribution in [0, 0.1) is 0 Å². The molecule has 0 aliphatic heterocycles. The maximum atomic E-state index is 11.7. The Morgan fingerprint density at radius 3 is 2.88 bits per heavy atom. The van der Waals surface area contributed by atoms with Crippen LogP contribution in [0.2, 0.25) is 0 Å². The molecule has 16 heavy (non-hydrogen) atoms. The Labute approximate surface area is 93.4 Å². The number of nitrogens with one attached hydrogen (secondary N) is 1. The number of carbonyl (C=O) groups excluding carboxylic acids is 1. The minimum atomic E-state index is -0.393. The fourth-order valence-electron chi connectivity index (χ4n) is 1.87. The largest absolute Gasteiger partial charge is 0.396 e. The molecule has 1 saturated carbocycles. The lowest BCUT2D eigenvalue weighted by Gasteiger charge is -2.40. The Morgan fingerprint density at radius 2 is 2.44 bits per heavy atom. The lowest BCUT2D eigenvalue weighted by Crippen LogP contribution is -2.56. The quantitative estimate of drug-likeness (QED) is 0.642. The molecule has 1 aromatic heterocycles. The van der Waals surface area contributed by atoms with E-state index in [1.54, 1.807) is 6.20 Å². The van der Waals surface area contributed by atoms with Gasteiger partial charge >= 0.3 is 0 Å². The maximum Gasteiger partial charge on any atom is 0.242 e.